The number of likely N-dealkylation sites (N-methyl/N-ethyl adjacent to an activating group) is 1. The van der Waals surface area contributed by atoms with Crippen molar-refractivity contribution >= 4 is 18.2 Å². The molecule has 0 aromatic heterocycles. The van der Waals surface area contributed by atoms with Gasteiger partial charge >= 0.3 is 6.03 Å². The Bertz CT molecular complexity index is 587. The first kappa shape index (κ1) is 18.3. The Kier molecular flexibility index (Phi) is 6.85. The smallest absolute Gasteiger partial charge is 0.332 e. The predicted molar refractivity (Wildman–Crippen MR) is 86.7 cm³/mol. The van der Waals surface area contributed by atoms with E-state index in [2.05, 4.69) is 10.5 Å². The maximum atomic E-state index is 11.9. The number of urea groups is 1. The molecule has 0 aliphatic carbocycles. The highest BCUT2D eigenvalue weighted by atomic mass is 16.5. The third-order valence-corrected chi connectivity index (χ3v) is 2.75. The molecule has 1 atom stereocenters. The Morgan fingerprint density at radius 2 is 2.09 bits per heavy atom. The Labute approximate surface area is 135 Å². The molecule has 1 rings (SSSR count). The first-order valence-corrected chi connectivity index (χ1v) is 7.08. The summed E-state index contributed by atoms with van der Waals surface area (Å²) in [4.78, 5) is 23.9. The second-order valence-corrected chi connectivity index (χ2v) is 4.87. The third kappa shape index (κ3) is 5.85. The number of benzene rings is 1. The number of amides is 3. The van der Waals surface area contributed by atoms with Gasteiger partial charge in [-0.15, -0.1) is 0 Å². The molecular weight excluding hydrogens is 300 g/mol. The molecule has 3 N–H and O–H groups in total. The van der Waals surface area contributed by atoms with E-state index in [1.54, 1.807) is 39.2 Å². The van der Waals surface area contributed by atoms with E-state index >= 15 is 0 Å². The minimum atomic E-state index is -0.748. The van der Waals surface area contributed by atoms with Crippen LogP contribution in [0.1, 0.15) is 19.4 Å². The van der Waals surface area contributed by atoms with Crippen LogP contribution in [0.3, 0.4) is 0 Å². The second kappa shape index (κ2) is 8.62. The summed E-state index contributed by atoms with van der Waals surface area (Å²) in [5.41, 5.74) is 7.71. The third-order valence-electron chi connectivity index (χ3n) is 2.75. The summed E-state index contributed by atoms with van der Waals surface area (Å²) < 4.78 is 11.2. The van der Waals surface area contributed by atoms with E-state index in [1.165, 1.54) is 11.1 Å². The van der Waals surface area contributed by atoms with Crippen LogP contribution in [0.15, 0.2) is 23.3 Å². The molecule has 3 amide bonds. The molecule has 0 aliphatic heterocycles. The SMILES string of the molecule is CCOc1cc(/C=N\NC(N)=O)ccc1O[C@H](C)C(=O)N(C)C. The Morgan fingerprint density at radius 1 is 1.39 bits per heavy atom. The van der Waals surface area contributed by atoms with Crippen molar-refractivity contribution in [3.8, 4) is 11.5 Å². The molecule has 23 heavy (non-hydrogen) atoms. The molecule has 0 fully saturated rings. The number of nitrogens with two attached hydrogens (primary N) is 1. The van der Waals surface area contributed by atoms with Crippen LogP contribution in [0.5, 0.6) is 11.5 Å². The number of carbonyl (C=O) groups excluding carboxylic acids is 2. The zero-order valence-electron chi connectivity index (χ0n) is 13.7. The molecule has 1 aromatic carbocycles. The average Bonchev–Trinajstić information content (AvgIpc) is 2.48. The topological polar surface area (TPSA) is 106 Å². The summed E-state index contributed by atoms with van der Waals surface area (Å²) in [7, 11) is 3.33. The lowest BCUT2D eigenvalue weighted by molar-refractivity contribution is -0.135. The zero-order chi connectivity index (χ0) is 17.4. The highest BCUT2D eigenvalue weighted by molar-refractivity contribution is 5.83. The first-order chi connectivity index (χ1) is 10.8. The number of ether oxygens (including phenoxy) is 2. The van der Waals surface area contributed by atoms with E-state index in [0.29, 0.717) is 23.7 Å². The van der Waals surface area contributed by atoms with Crippen LogP contribution < -0.4 is 20.6 Å². The molecule has 8 nitrogen and oxygen atoms in total. The second-order valence-electron chi connectivity index (χ2n) is 4.87. The number of hydrogen-bond acceptors (Lipinski definition) is 5. The standard InChI is InChI=1S/C15H22N4O4/c1-5-22-13-8-11(9-17-18-15(16)21)6-7-12(13)23-10(2)14(20)19(3)4/h6-10H,5H2,1-4H3,(H3,16,18,21)/b17-9-/t10-/m1/s1. The van der Waals surface area contributed by atoms with E-state index < -0.39 is 12.1 Å². The fourth-order valence-corrected chi connectivity index (χ4v) is 1.75. The lowest BCUT2D eigenvalue weighted by Crippen LogP contribution is -2.35. The normalized spacial score (nSPS) is 11.8. The Balaban J connectivity index is 2.93. The van der Waals surface area contributed by atoms with Gasteiger partial charge in [0, 0.05) is 14.1 Å². The van der Waals surface area contributed by atoms with Crippen LogP contribution >= 0.6 is 0 Å². The summed E-state index contributed by atoms with van der Waals surface area (Å²) in [6.45, 7) is 3.95. The molecule has 1 aromatic rings. The van der Waals surface area contributed by atoms with Crippen LogP contribution in [-0.2, 0) is 4.79 Å². The van der Waals surface area contributed by atoms with Crippen molar-refractivity contribution in [1.29, 1.82) is 0 Å². The molecule has 0 bridgehead atoms. The lowest BCUT2D eigenvalue weighted by Gasteiger charge is -2.20. The number of nitrogens with zero attached hydrogens (tertiary/aromatic N) is 2. The molecule has 126 valence electrons. The summed E-state index contributed by atoms with van der Waals surface area (Å²) in [6.07, 6.45) is 0.783. The van der Waals surface area contributed by atoms with Crippen LogP contribution in [0.25, 0.3) is 0 Å². The molecule has 0 radical (unpaired) electrons. The fraction of sp³-hybridized carbons (Fsp3) is 0.400. The molecule has 0 saturated heterocycles. The summed E-state index contributed by atoms with van der Waals surface area (Å²) >= 11 is 0. The van der Waals surface area contributed by atoms with Crippen molar-refractivity contribution in [3.05, 3.63) is 23.8 Å². The molecule has 0 spiro atoms. The van der Waals surface area contributed by atoms with E-state index in [0.717, 1.165) is 0 Å². The number of hydrogen-bond donors (Lipinski definition) is 2. The van der Waals surface area contributed by atoms with E-state index in [4.69, 9.17) is 15.2 Å². The summed E-state index contributed by atoms with van der Waals surface area (Å²) in [6, 6.07) is 4.34. The molecule has 0 unspecified atom stereocenters. The van der Waals surface area contributed by atoms with Gasteiger partial charge in [-0.1, -0.05) is 0 Å². The monoisotopic (exact) mass is 322 g/mol. The van der Waals surface area contributed by atoms with Crippen molar-refractivity contribution in [1.82, 2.24) is 10.3 Å². The van der Waals surface area contributed by atoms with E-state index in [9.17, 15) is 9.59 Å². The molecule has 0 saturated carbocycles. The molecular formula is C15H22N4O4. The van der Waals surface area contributed by atoms with E-state index in [-0.39, 0.29) is 5.91 Å². The largest absolute Gasteiger partial charge is 0.490 e. The van der Waals surface area contributed by atoms with Crippen molar-refractivity contribution in [3.63, 3.8) is 0 Å². The average molecular weight is 322 g/mol. The summed E-state index contributed by atoms with van der Waals surface area (Å²) in [5, 5.41) is 3.68. The highest BCUT2D eigenvalue weighted by Crippen LogP contribution is 2.29. The summed E-state index contributed by atoms with van der Waals surface area (Å²) in [5.74, 6) is 0.784. The van der Waals surface area contributed by atoms with Crippen LogP contribution in [-0.4, -0.2) is 49.9 Å². The maximum Gasteiger partial charge on any atom is 0.332 e. The number of rotatable bonds is 7. The number of nitrogens with one attached hydrogen (secondary N) is 1. The van der Waals surface area contributed by atoms with Gasteiger partial charge in [0.05, 0.1) is 12.8 Å². The predicted octanol–water partition coefficient (Wildman–Crippen LogP) is 0.943. The lowest BCUT2D eigenvalue weighted by atomic mass is 10.2. The van der Waals surface area contributed by atoms with Crippen LogP contribution in [0, 0.1) is 0 Å². The molecule has 0 heterocycles. The van der Waals surface area contributed by atoms with Crippen molar-refractivity contribution in [2.24, 2.45) is 10.8 Å². The maximum absolute atomic E-state index is 11.9. The van der Waals surface area contributed by atoms with E-state index in [1.807, 2.05) is 6.92 Å². The molecule has 8 heteroatoms. The van der Waals surface area contributed by atoms with Gasteiger partial charge in [-0.25, -0.2) is 10.2 Å². The molecule has 0 aliphatic rings. The highest BCUT2D eigenvalue weighted by Gasteiger charge is 2.18. The fourth-order valence-electron chi connectivity index (χ4n) is 1.75. The van der Waals surface area contributed by atoms with Gasteiger partial charge in [0.25, 0.3) is 5.91 Å². The Hall–Kier alpha value is -2.77. The van der Waals surface area contributed by atoms with Gasteiger partial charge in [-0.05, 0) is 37.6 Å². The Morgan fingerprint density at radius 3 is 2.65 bits per heavy atom. The number of carbonyl (C=O) groups is 2. The van der Waals surface area contributed by atoms with Crippen molar-refractivity contribution < 1.29 is 19.1 Å². The van der Waals surface area contributed by atoms with Gasteiger partial charge in [0.1, 0.15) is 0 Å². The number of hydrazone groups is 1. The van der Waals surface area contributed by atoms with Gasteiger partial charge in [0.2, 0.25) is 0 Å². The van der Waals surface area contributed by atoms with Crippen molar-refractivity contribution in [2.45, 2.75) is 20.0 Å². The van der Waals surface area contributed by atoms with Gasteiger partial charge in [-0.2, -0.15) is 5.10 Å². The van der Waals surface area contributed by atoms with Crippen molar-refractivity contribution in [2.75, 3.05) is 20.7 Å². The first-order valence-electron chi connectivity index (χ1n) is 7.08. The van der Waals surface area contributed by atoms with Crippen LogP contribution in [0.2, 0.25) is 0 Å². The minimum Gasteiger partial charge on any atom is -0.490 e. The minimum absolute atomic E-state index is 0.149. The van der Waals surface area contributed by atoms with Crippen LogP contribution in [0.4, 0.5) is 4.79 Å². The number of primary amides is 1. The van der Waals surface area contributed by atoms with Gasteiger partial charge < -0.3 is 20.1 Å². The zero-order valence-corrected chi connectivity index (χ0v) is 13.7. The van der Waals surface area contributed by atoms with Gasteiger partial charge in [0.15, 0.2) is 17.6 Å². The quantitative estimate of drug-likeness (QED) is 0.575. The van der Waals surface area contributed by atoms with Gasteiger partial charge in [-0.3, -0.25) is 4.79 Å².